The van der Waals surface area contributed by atoms with Crippen LogP contribution in [0.1, 0.15) is 34.8 Å². The molecule has 4 rings (SSSR count). The van der Waals surface area contributed by atoms with E-state index in [0.717, 1.165) is 5.56 Å². The molecule has 0 bridgehead atoms. The third-order valence-electron chi connectivity index (χ3n) is 5.50. The molecule has 7 nitrogen and oxygen atoms in total. The number of rotatable bonds is 4. The lowest BCUT2D eigenvalue weighted by molar-refractivity contribution is -0.384. The van der Waals surface area contributed by atoms with Crippen molar-refractivity contribution in [3.8, 4) is 0 Å². The van der Waals surface area contributed by atoms with Crippen LogP contribution < -0.4 is 10.5 Å². The first-order chi connectivity index (χ1) is 14.8. The molecule has 0 saturated heterocycles. The van der Waals surface area contributed by atoms with Gasteiger partial charge in [-0.05, 0) is 55.2 Å². The third kappa shape index (κ3) is 4.09. The fourth-order valence-electron chi connectivity index (χ4n) is 3.92. The minimum Gasteiger partial charge on any atom is -0.310 e. The Bertz CT molecular complexity index is 1240. The summed E-state index contributed by atoms with van der Waals surface area (Å²) in [6, 6.07) is 13.1. The van der Waals surface area contributed by atoms with Crippen molar-refractivity contribution in [2.24, 2.45) is 0 Å². The van der Waals surface area contributed by atoms with Crippen LogP contribution in [0.15, 0.2) is 65.6 Å². The molecule has 0 spiro atoms. The first-order valence-corrected chi connectivity index (χ1v) is 9.89. The maximum Gasteiger partial charge on any atom is 0.269 e. The van der Waals surface area contributed by atoms with E-state index in [2.05, 4.69) is 0 Å². The maximum atomic E-state index is 13.6. The fourth-order valence-corrected chi connectivity index (χ4v) is 3.92. The number of fused-ring (bicyclic) bond motifs is 1. The van der Waals surface area contributed by atoms with Gasteiger partial charge >= 0.3 is 0 Å². The van der Waals surface area contributed by atoms with Crippen molar-refractivity contribution in [2.45, 2.75) is 32.4 Å². The molecule has 0 saturated carbocycles. The van der Waals surface area contributed by atoms with Gasteiger partial charge in [-0.1, -0.05) is 12.1 Å². The number of amides is 1. The highest BCUT2D eigenvalue weighted by Gasteiger charge is 2.29. The lowest BCUT2D eigenvalue weighted by Gasteiger charge is -2.35. The number of aryl methyl sites for hydroxylation is 1. The number of hydrogen-bond acceptors (Lipinski definition) is 4. The normalized spacial score (nSPS) is 15.4. The number of nitro groups is 1. The molecule has 2 aromatic carbocycles. The van der Waals surface area contributed by atoms with Gasteiger partial charge in [0.1, 0.15) is 5.82 Å². The standard InChI is InChI=1S/C23H20FN3O4/c1-15-5-6-17-12-19(24)8-9-21(17)26(15)23(29)18-7-10-22(28)25(14-18)13-16-3-2-4-20(11-16)27(30)31/h2-4,7-12,14-15H,5-6,13H2,1H3/t15-/m0/s1. The van der Waals surface area contributed by atoms with E-state index in [-0.39, 0.29) is 35.6 Å². The zero-order valence-electron chi connectivity index (χ0n) is 16.8. The number of anilines is 1. The van der Waals surface area contributed by atoms with Gasteiger partial charge in [0.25, 0.3) is 17.2 Å². The molecule has 1 aromatic heterocycles. The number of carbonyl (C=O) groups excluding carboxylic acids is 1. The molecule has 0 radical (unpaired) electrons. The van der Waals surface area contributed by atoms with Gasteiger partial charge in [-0.3, -0.25) is 19.7 Å². The van der Waals surface area contributed by atoms with E-state index in [9.17, 15) is 24.1 Å². The van der Waals surface area contributed by atoms with Crippen molar-refractivity contribution in [2.75, 3.05) is 4.90 Å². The maximum absolute atomic E-state index is 13.6. The van der Waals surface area contributed by atoms with E-state index >= 15 is 0 Å². The van der Waals surface area contributed by atoms with Crippen molar-refractivity contribution in [3.63, 3.8) is 0 Å². The highest BCUT2D eigenvalue weighted by Crippen LogP contribution is 2.32. The number of aromatic nitrogens is 1. The second-order valence-electron chi connectivity index (χ2n) is 7.65. The monoisotopic (exact) mass is 421 g/mol. The first kappa shape index (κ1) is 20.5. The summed E-state index contributed by atoms with van der Waals surface area (Å²) >= 11 is 0. The first-order valence-electron chi connectivity index (χ1n) is 9.89. The summed E-state index contributed by atoms with van der Waals surface area (Å²) in [5.74, 6) is -0.626. The molecule has 1 aliphatic rings. The van der Waals surface area contributed by atoms with Crippen LogP contribution in [0.2, 0.25) is 0 Å². The zero-order valence-corrected chi connectivity index (χ0v) is 16.8. The van der Waals surface area contributed by atoms with E-state index in [1.165, 1.54) is 47.2 Å². The van der Waals surface area contributed by atoms with Crippen LogP contribution in [0.3, 0.4) is 0 Å². The second-order valence-corrected chi connectivity index (χ2v) is 7.65. The van der Waals surface area contributed by atoms with Gasteiger partial charge < -0.3 is 9.47 Å². The Morgan fingerprint density at radius 1 is 1.19 bits per heavy atom. The van der Waals surface area contributed by atoms with E-state index in [0.29, 0.717) is 29.7 Å². The van der Waals surface area contributed by atoms with E-state index in [1.54, 1.807) is 23.1 Å². The van der Waals surface area contributed by atoms with Crippen molar-refractivity contribution < 1.29 is 14.1 Å². The van der Waals surface area contributed by atoms with Crippen LogP contribution >= 0.6 is 0 Å². The summed E-state index contributed by atoms with van der Waals surface area (Å²) in [7, 11) is 0. The van der Waals surface area contributed by atoms with Gasteiger partial charge in [0, 0.05) is 36.1 Å². The fraction of sp³-hybridized carbons (Fsp3) is 0.217. The van der Waals surface area contributed by atoms with Gasteiger partial charge in [0.2, 0.25) is 0 Å². The SMILES string of the molecule is C[C@H]1CCc2cc(F)ccc2N1C(=O)c1ccc(=O)n(Cc2cccc([N+](=O)[O-])c2)c1. The number of halogens is 1. The highest BCUT2D eigenvalue weighted by atomic mass is 19.1. The van der Waals surface area contributed by atoms with Crippen LogP contribution in [-0.4, -0.2) is 21.4 Å². The van der Waals surface area contributed by atoms with Crippen LogP contribution in [0.25, 0.3) is 0 Å². The van der Waals surface area contributed by atoms with Gasteiger partial charge in [-0.15, -0.1) is 0 Å². The van der Waals surface area contributed by atoms with Gasteiger partial charge in [-0.25, -0.2) is 4.39 Å². The van der Waals surface area contributed by atoms with E-state index in [1.807, 2.05) is 6.92 Å². The van der Waals surface area contributed by atoms with E-state index < -0.39 is 4.92 Å². The number of nitrogens with zero attached hydrogens (tertiary/aromatic N) is 3. The summed E-state index contributed by atoms with van der Waals surface area (Å²) in [6.07, 6.45) is 2.86. The van der Waals surface area contributed by atoms with Crippen molar-refractivity contribution in [3.05, 3.63) is 104 Å². The average Bonchev–Trinajstić information content (AvgIpc) is 2.75. The number of benzene rings is 2. The average molecular weight is 421 g/mol. The Morgan fingerprint density at radius 2 is 2.00 bits per heavy atom. The predicted molar refractivity (Wildman–Crippen MR) is 114 cm³/mol. The van der Waals surface area contributed by atoms with Gasteiger partial charge in [0.05, 0.1) is 17.0 Å². The molecule has 1 atom stereocenters. The molecule has 2 heterocycles. The van der Waals surface area contributed by atoms with E-state index in [4.69, 9.17) is 0 Å². The smallest absolute Gasteiger partial charge is 0.269 e. The number of nitro benzene ring substituents is 1. The quantitative estimate of drug-likeness (QED) is 0.472. The number of carbonyl (C=O) groups is 1. The summed E-state index contributed by atoms with van der Waals surface area (Å²) in [5, 5.41) is 11.0. The minimum atomic E-state index is -0.496. The molecule has 0 aliphatic carbocycles. The topological polar surface area (TPSA) is 85.5 Å². The zero-order chi connectivity index (χ0) is 22.1. The summed E-state index contributed by atoms with van der Waals surface area (Å²) in [4.78, 5) is 37.8. The molecule has 8 heteroatoms. The number of pyridine rings is 1. The summed E-state index contributed by atoms with van der Waals surface area (Å²) in [5.41, 5.74) is 1.95. The Morgan fingerprint density at radius 3 is 2.77 bits per heavy atom. The Hall–Kier alpha value is -3.81. The predicted octanol–water partition coefficient (Wildman–Crippen LogP) is 3.93. The van der Waals surface area contributed by atoms with Crippen LogP contribution in [-0.2, 0) is 13.0 Å². The minimum absolute atomic E-state index is 0.0660. The highest BCUT2D eigenvalue weighted by molar-refractivity contribution is 6.07. The van der Waals surface area contributed by atoms with Crippen LogP contribution in [0, 0.1) is 15.9 Å². The molecular formula is C23H20FN3O4. The third-order valence-corrected chi connectivity index (χ3v) is 5.50. The van der Waals surface area contributed by atoms with Crippen molar-refractivity contribution in [1.29, 1.82) is 0 Å². The Balaban J connectivity index is 1.67. The number of non-ortho nitro benzene ring substituents is 1. The molecule has 0 N–H and O–H groups in total. The molecule has 158 valence electrons. The Kier molecular flexibility index (Phi) is 5.37. The molecule has 0 fully saturated rings. The molecule has 31 heavy (non-hydrogen) atoms. The molecular weight excluding hydrogens is 401 g/mol. The summed E-state index contributed by atoms with van der Waals surface area (Å²) in [6.45, 7) is 2.03. The second kappa shape index (κ2) is 8.14. The van der Waals surface area contributed by atoms with Crippen LogP contribution in [0.5, 0.6) is 0 Å². The van der Waals surface area contributed by atoms with Crippen molar-refractivity contribution in [1.82, 2.24) is 4.57 Å². The van der Waals surface area contributed by atoms with Crippen molar-refractivity contribution >= 4 is 17.3 Å². The van der Waals surface area contributed by atoms with Crippen LogP contribution in [0.4, 0.5) is 15.8 Å². The number of hydrogen-bond donors (Lipinski definition) is 0. The summed E-state index contributed by atoms with van der Waals surface area (Å²) < 4.78 is 15.0. The largest absolute Gasteiger partial charge is 0.310 e. The molecule has 1 aliphatic heterocycles. The molecule has 1 amide bonds. The Labute approximate surface area is 177 Å². The van der Waals surface area contributed by atoms with Gasteiger partial charge in [-0.2, -0.15) is 0 Å². The lowest BCUT2D eigenvalue weighted by atomic mass is 9.95. The van der Waals surface area contributed by atoms with Gasteiger partial charge in [0.15, 0.2) is 0 Å². The molecule has 3 aromatic rings. The molecule has 0 unspecified atom stereocenters. The lowest BCUT2D eigenvalue weighted by Crippen LogP contribution is -2.42.